The summed E-state index contributed by atoms with van der Waals surface area (Å²) in [6, 6.07) is 4.84. The summed E-state index contributed by atoms with van der Waals surface area (Å²) >= 11 is 5.55. The average molecular weight is 249 g/mol. The second kappa shape index (κ2) is 4.96. The number of halogens is 1. The molecule has 3 nitrogen and oxygen atoms in total. The van der Waals surface area contributed by atoms with Gasteiger partial charge < -0.3 is 0 Å². The van der Waals surface area contributed by atoms with E-state index in [1.165, 1.54) is 6.07 Å². The van der Waals surface area contributed by atoms with Gasteiger partial charge in [0.1, 0.15) is 0 Å². The number of aryl methyl sites for hydroxylation is 2. The molecule has 0 aliphatic carbocycles. The zero-order valence-electron chi connectivity index (χ0n) is 8.40. The molecule has 15 heavy (non-hydrogen) atoms. The second-order valence-electron chi connectivity index (χ2n) is 3.38. The fraction of sp³-hybridized carbons (Fsp3) is 0.400. The van der Waals surface area contributed by atoms with Crippen molar-refractivity contribution in [2.45, 2.75) is 24.7 Å². The third kappa shape index (κ3) is 3.48. The number of hydrogen-bond donors (Lipinski definition) is 1. The van der Waals surface area contributed by atoms with Crippen molar-refractivity contribution in [1.82, 2.24) is 0 Å². The molecular formula is C10H13ClO3S. The third-order valence-electron chi connectivity index (χ3n) is 2.07. The first-order valence-corrected chi connectivity index (χ1v) is 6.55. The maximum Gasteiger partial charge on any atom is 0.294 e. The Morgan fingerprint density at radius 3 is 2.60 bits per heavy atom. The zero-order valence-corrected chi connectivity index (χ0v) is 9.98. The van der Waals surface area contributed by atoms with Gasteiger partial charge in [-0.15, -0.1) is 11.6 Å². The summed E-state index contributed by atoms with van der Waals surface area (Å²) in [5.74, 6) is 0.471. The molecule has 0 fully saturated rings. The Bertz CT molecular complexity index is 440. The van der Waals surface area contributed by atoms with Gasteiger partial charge in [0.25, 0.3) is 10.1 Å². The Hall–Kier alpha value is -0.580. The molecule has 0 amide bonds. The first-order chi connectivity index (χ1) is 6.95. The first-order valence-electron chi connectivity index (χ1n) is 4.58. The topological polar surface area (TPSA) is 54.4 Å². The molecule has 1 aromatic carbocycles. The lowest BCUT2D eigenvalue weighted by atomic mass is 10.1. The maximum atomic E-state index is 11.1. The van der Waals surface area contributed by atoms with E-state index in [0.717, 1.165) is 5.56 Å². The summed E-state index contributed by atoms with van der Waals surface area (Å²) in [5, 5.41) is 0. The Labute approximate surface area is 94.8 Å². The van der Waals surface area contributed by atoms with Crippen molar-refractivity contribution in [3.8, 4) is 0 Å². The van der Waals surface area contributed by atoms with Gasteiger partial charge in [-0.05, 0) is 31.4 Å². The Kier molecular flexibility index (Phi) is 4.13. The van der Waals surface area contributed by atoms with Crippen molar-refractivity contribution < 1.29 is 13.0 Å². The van der Waals surface area contributed by atoms with E-state index in [1.54, 1.807) is 12.1 Å². The monoisotopic (exact) mass is 248 g/mol. The third-order valence-corrected chi connectivity index (χ3v) is 3.29. The Morgan fingerprint density at radius 2 is 2.07 bits per heavy atom. The quantitative estimate of drug-likeness (QED) is 0.658. The summed E-state index contributed by atoms with van der Waals surface area (Å²) in [7, 11) is -4.12. The van der Waals surface area contributed by atoms with Crippen LogP contribution in [0, 0.1) is 6.92 Å². The summed E-state index contributed by atoms with van der Waals surface area (Å²) < 4.78 is 31.1. The van der Waals surface area contributed by atoms with E-state index in [1.807, 2.05) is 6.92 Å². The molecule has 1 aromatic rings. The highest BCUT2D eigenvalue weighted by Crippen LogP contribution is 2.18. The predicted molar refractivity (Wildman–Crippen MR) is 60.0 cm³/mol. The molecule has 0 bridgehead atoms. The van der Waals surface area contributed by atoms with Crippen molar-refractivity contribution in [1.29, 1.82) is 0 Å². The van der Waals surface area contributed by atoms with E-state index in [4.69, 9.17) is 16.2 Å². The smallest absolute Gasteiger partial charge is 0.282 e. The number of hydrogen-bond acceptors (Lipinski definition) is 2. The van der Waals surface area contributed by atoms with E-state index in [0.29, 0.717) is 24.3 Å². The highest BCUT2D eigenvalue weighted by molar-refractivity contribution is 7.85. The molecule has 0 atom stereocenters. The molecule has 0 saturated heterocycles. The minimum atomic E-state index is -4.12. The van der Waals surface area contributed by atoms with Crippen LogP contribution in [0.2, 0.25) is 0 Å². The van der Waals surface area contributed by atoms with Gasteiger partial charge in [0.05, 0.1) is 4.90 Å². The van der Waals surface area contributed by atoms with Crippen molar-refractivity contribution in [2.24, 2.45) is 0 Å². The van der Waals surface area contributed by atoms with Crippen molar-refractivity contribution in [3.63, 3.8) is 0 Å². The largest absolute Gasteiger partial charge is 0.294 e. The minimum absolute atomic E-state index is 0.0155. The molecule has 0 aliphatic rings. The normalized spacial score (nSPS) is 11.7. The highest BCUT2D eigenvalue weighted by atomic mass is 35.5. The van der Waals surface area contributed by atoms with Gasteiger partial charge in [0.2, 0.25) is 0 Å². The van der Waals surface area contributed by atoms with Crippen LogP contribution in [-0.4, -0.2) is 18.9 Å². The van der Waals surface area contributed by atoms with Crippen molar-refractivity contribution >= 4 is 21.7 Å². The molecule has 1 N–H and O–H groups in total. The molecule has 0 radical (unpaired) electrons. The van der Waals surface area contributed by atoms with Gasteiger partial charge in [-0.1, -0.05) is 17.7 Å². The summed E-state index contributed by atoms with van der Waals surface area (Å²) in [6.45, 7) is 1.87. The van der Waals surface area contributed by atoms with Crippen molar-refractivity contribution in [2.75, 3.05) is 5.88 Å². The predicted octanol–water partition coefficient (Wildman–Crippen LogP) is 2.41. The fourth-order valence-corrected chi connectivity index (χ4v) is 2.28. The average Bonchev–Trinajstić information content (AvgIpc) is 2.12. The van der Waals surface area contributed by atoms with E-state index in [2.05, 4.69) is 0 Å². The zero-order chi connectivity index (χ0) is 11.5. The molecule has 0 unspecified atom stereocenters. The van der Waals surface area contributed by atoms with Gasteiger partial charge in [-0.3, -0.25) is 4.55 Å². The standard InChI is InChI=1S/C10H13ClO3S/c1-8-4-5-10(15(12,13)14)9(7-8)3-2-6-11/h4-5,7H,2-3,6H2,1H3,(H,12,13,14). The highest BCUT2D eigenvalue weighted by Gasteiger charge is 2.14. The van der Waals surface area contributed by atoms with Crippen LogP contribution in [0.15, 0.2) is 23.1 Å². The van der Waals surface area contributed by atoms with Crippen LogP contribution in [0.5, 0.6) is 0 Å². The van der Waals surface area contributed by atoms with Crippen LogP contribution in [0.25, 0.3) is 0 Å². The molecule has 1 rings (SSSR count). The summed E-state index contributed by atoms with van der Waals surface area (Å²) in [6.07, 6.45) is 1.24. The molecule has 0 aliphatic heterocycles. The van der Waals surface area contributed by atoms with Gasteiger partial charge >= 0.3 is 0 Å². The lowest BCUT2D eigenvalue weighted by Gasteiger charge is -2.07. The van der Waals surface area contributed by atoms with Gasteiger partial charge in [0, 0.05) is 5.88 Å². The maximum absolute atomic E-state index is 11.1. The van der Waals surface area contributed by atoms with Gasteiger partial charge in [-0.25, -0.2) is 0 Å². The SMILES string of the molecule is Cc1ccc(S(=O)(=O)O)c(CCCCl)c1. The summed E-state index contributed by atoms with van der Waals surface area (Å²) in [4.78, 5) is -0.0155. The minimum Gasteiger partial charge on any atom is -0.282 e. The Morgan fingerprint density at radius 1 is 1.40 bits per heavy atom. The van der Waals surface area contributed by atoms with Gasteiger partial charge in [-0.2, -0.15) is 8.42 Å². The van der Waals surface area contributed by atoms with Crippen LogP contribution in [0.3, 0.4) is 0 Å². The van der Waals surface area contributed by atoms with Crippen molar-refractivity contribution in [3.05, 3.63) is 29.3 Å². The lowest BCUT2D eigenvalue weighted by molar-refractivity contribution is 0.482. The molecule has 0 spiro atoms. The van der Waals surface area contributed by atoms with Crippen LogP contribution in [0.1, 0.15) is 17.5 Å². The second-order valence-corrected chi connectivity index (χ2v) is 5.15. The Balaban J connectivity index is 3.15. The number of alkyl halides is 1. The summed E-state index contributed by atoms with van der Waals surface area (Å²) in [5.41, 5.74) is 1.59. The van der Waals surface area contributed by atoms with E-state index in [9.17, 15) is 8.42 Å². The van der Waals surface area contributed by atoms with E-state index < -0.39 is 10.1 Å². The van der Waals surface area contributed by atoms with E-state index >= 15 is 0 Å². The van der Waals surface area contributed by atoms with Crippen LogP contribution in [-0.2, 0) is 16.5 Å². The van der Waals surface area contributed by atoms with Crippen LogP contribution < -0.4 is 0 Å². The lowest BCUT2D eigenvalue weighted by Crippen LogP contribution is -2.04. The van der Waals surface area contributed by atoms with Gasteiger partial charge in [0.15, 0.2) is 0 Å². The molecular weight excluding hydrogens is 236 g/mol. The molecule has 0 aromatic heterocycles. The van der Waals surface area contributed by atoms with Crippen LogP contribution >= 0.6 is 11.6 Å². The number of rotatable bonds is 4. The molecule has 84 valence electrons. The molecule has 0 heterocycles. The molecule has 5 heteroatoms. The fourth-order valence-electron chi connectivity index (χ4n) is 1.41. The number of benzene rings is 1. The van der Waals surface area contributed by atoms with Crippen LogP contribution in [0.4, 0.5) is 0 Å². The van der Waals surface area contributed by atoms with E-state index in [-0.39, 0.29) is 4.90 Å². The molecule has 0 saturated carbocycles. The first kappa shape index (κ1) is 12.5.